The van der Waals surface area contributed by atoms with Gasteiger partial charge in [0.2, 0.25) is 5.91 Å². The lowest BCUT2D eigenvalue weighted by atomic mass is 9.99. The highest BCUT2D eigenvalue weighted by molar-refractivity contribution is 6.01. The largest absolute Gasteiger partial charge is 0.396 e. The van der Waals surface area contributed by atoms with Crippen LogP contribution in [0.15, 0.2) is 18.2 Å². The summed E-state index contributed by atoms with van der Waals surface area (Å²) in [6.45, 7) is 0.694. The van der Waals surface area contributed by atoms with Gasteiger partial charge in [0.05, 0.1) is 16.9 Å². The first kappa shape index (κ1) is 13.2. The Morgan fingerprint density at radius 3 is 2.58 bits per heavy atom. The van der Waals surface area contributed by atoms with Gasteiger partial charge < -0.3 is 22.1 Å². The van der Waals surface area contributed by atoms with Crippen LogP contribution in [-0.2, 0) is 4.79 Å². The number of piperidine rings is 1. The fourth-order valence-corrected chi connectivity index (χ4v) is 2.53. The molecular formula is C13H18N4O2. The quantitative estimate of drug-likeness (QED) is 0.675. The summed E-state index contributed by atoms with van der Waals surface area (Å²) in [6, 6.07) is 4.69. The van der Waals surface area contributed by atoms with Gasteiger partial charge in [-0.1, -0.05) is 6.07 Å². The Morgan fingerprint density at radius 1 is 1.21 bits per heavy atom. The maximum Gasteiger partial charge on any atom is 0.250 e. The first-order valence-electron chi connectivity index (χ1n) is 6.26. The number of hydrogen-bond acceptors (Lipinski definition) is 4. The number of nitrogens with zero attached hydrogens (tertiary/aromatic N) is 1. The van der Waals surface area contributed by atoms with Crippen LogP contribution < -0.4 is 22.1 Å². The van der Waals surface area contributed by atoms with E-state index in [1.807, 2.05) is 4.90 Å². The summed E-state index contributed by atoms with van der Waals surface area (Å²) < 4.78 is 0. The second kappa shape index (κ2) is 5.17. The van der Waals surface area contributed by atoms with Crippen LogP contribution in [0.3, 0.4) is 0 Å². The van der Waals surface area contributed by atoms with Crippen LogP contribution in [0.25, 0.3) is 0 Å². The van der Waals surface area contributed by atoms with E-state index in [1.54, 1.807) is 18.2 Å². The number of amides is 2. The van der Waals surface area contributed by atoms with Crippen molar-refractivity contribution in [1.29, 1.82) is 0 Å². The minimum Gasteiger partial charge on any atom is -0.396 e. The van der Waals surface area contributed by atoms with E-state index < -0.39 is 5.91 Å². The molecule has 0 spiro atoms. The summed E-state index contributed by atoms with van der Waals surface area (Å²) in [7, 11) is 0. The number of hydrogen-bond donors (Lipinski definition) is 3. The topological polar surface area (TPSA) is 115 Å². The molecule has 0 saturated carbocycles. The second-order valence-electron chi connectivity index (χ2n) is 4.71. The normalized spacial score (nSPS) is 19.2. The first-order valence-corrected chi connectivity index (χ1v) is 6.26. The number of benzene rings is 1. The Bertz CT molecular complexity index is 515. The second-order valence-corrected chi connectivity index (χ2v) is 4.71. The van der Waals surface area contributed by atoms with E-state index in [9.17, 15) is 9.59 Å². The summed E-state index contributed by atoms with van der Waals surface area (Å²) in [4.78, 5) is 24.7. The molecule has 102 valence electrons. The van der Waals surface area contributed by atoms with Crippen LogP contribution in [-0.4, -0.2) is 24.4 Å². The van der Waals surface area contributed by atoms with E-state index >= 15 is 0 Å². The van der Waals surface area contributed by atoms with Crippen molar-refractivity contribution in [1.82, 2.24) is 0 Å². The molecule has 0 aliphatic carbocycles. The predicted octanol–water partition coefficient (Wildman–Crippen LogP) is 0.212. The van der Waals surface area contributed by atoms with Crippen LogP contribution in [0.1, 0.15) is 29.6 Å². The molecule has 2 amide bonds. The molecular weight excluding hydrogens is 244 g/mol. The van der Waals surface area contributed by atoms with Gasteiger partial charge in [-0.25, -0.2) is 0 Å². The summed E-state index contributed by atoms with van der Waals surface area (Å²) in [5.74, 6) is -0.949. The highest BCUT2D eigenvalue weighted by Gasteiger charge is 2.28. The summed E-state index contributed by atoms with van der Waals surface area (Å²) in [5, 5.41) is 0. The van der Waals surface area contributed by atoms with Gasteiger partial charge in [0, 0.05) is 6.54 Å². The molecule has 0 bridgehead atoms. The van der Waals surface area contributed by atoms with Gasteiger partial charge in [-0.15, -0.1) is 0 Å². The molecule has 6 N–H and O–H groups in total. The average Bonchev–Trinajstić information content (AvgIpc) is 2.38. The lowest BCUT2D eigenvalue weighted by molar-refractivity contribution is -0.119. The third kappa shape index (κ3) is 2.47. The van der Waals surface area contributed by atoms with Crippen molar-refractivity contribution >= 4 is 23.2 Å². The van der Waals surface area contributed by atoms with Gasteiger partial charge in [-0.2, -0.15) is 0 Å². The van der Waals surface area contributed by atoms with Gasteiger partial charge in [0.15, 0.2) is 0 Å². The molecule has 6 nitrogen and oxygen atoms in total. The Labute approximate surface area is 111 Å². The van der Waals surface area contributed by atoms with Crippen LogP contribution in [0.4, 0.5) is 11.4 Å². The van der Waals surface area contributed by atoms with Crippen molar-refractivity contribution < 1.29 is 9.59 Å². The summed E-state index contributed by atoms with van der Waals surface area (Å²) in [5.41, 5.74) is 17.9. The highest BCUT2D eigenvalue weighted by atomic mass is 16.1. The fourth-order valence-electron chi connectivity index (χ4n) is 2.53. The maximum absolute atomic E-state index is 11.5. The average molecular weight is 262 g/mol. The van der Waals surface area contributed by atoms with E-state index in [0.29, 0.717) is 24.3 Å². The Hall–Kier alpha value is -2.24. The molecule has 6 heteroatoms. The first-order chi connectivity index (χ1) is 9.02. The molecule has 19 heavy (non-hydrogen) atoms. The number of para-hydroxylation sites is 1. The molecule has 1 saturated heterocycles. The molecule has 0 radical (unpaired) electrons. The molecule has 1 aliphatic rings. The molecule has 1 fully saturated rings. The summed E-state index contributed by atoms with van der Waals surface area (Å²) >= 11 is 0. The van der Waals surface area contributed by atoms with Crippen LogP contribution in [0.5, 0.6) is 0 Å². The molecule has 1 aromatic carbocycles. The molecule has 1 atom stereocenters. The van der Waals surface area contributed by atoms with Gasteiger partial charge in [-0.05, 0) is 31.4 Å². The van der Waals surface area contributed by atoms with Crippen molar-refractivity contribution in [3.8, 4) is 0 Å². The molecule has 1 aromatic rings. The number of nitrogens with two attached hydrogens (primary N) is 3. The monoisotopic (exact) mass is 262 g/mol. The van der Waals surface area contributed by atoms with Gasteiger partial charge in [-0.3, -0.25) is 9.59 Å². The van der Waals surface area contributed by atoms with Gasteiger partial charge in [0.1, 0.15) is 6.04 Å². The third-order valence-electron chi connectivity index (χ3n) is 3.49. The lowest BCUT2D eigenvalue weighted by Gasteiger charge is -2.36. The van der Waals surface area contributed by atoms with E-state index in [2.05, 4.69) is 0 Å². The zero-order chi connectivity index (χ0) is 14.0. The minimum absolute atomic E-state index is 0.270. The van der Waals surface area contributed by atoms with Crippen molar-refractivity contribution in [2.75, 3.05) is 17.2 Å². The Balaban J connectivity index is 2.42. The van der Waals surface area contributed by atoms with Crippen LogP contribution in [0, 0.1) is 0 Å². The number of rotatable bonds is 3. The maximum atomic E-state index is 11.5. The van der Waals surface area contributed by atoms with Crippen molar-refractivity contribution in [2.24, 2.45) is 11.5 Å². The lowest BCUT2D eigenvalue weighted by Crippen LogP contribution is -2.48. The van der Waals surface area contributed by atoms with Crippen molar-refractivity contribution in [3.05, 3.63) is 23.8 Å². The number of carbonyl (C=O) groups is 2. The fraction of sp³-hybridized carbons (Fsp3) is 0.385. The molecule has 2 rings (SSSR count). The standard InChI is InChI=1S/C13H18N4O2/c14-11-8(12(15)18)4-3-6-9(11)17-7-2-1-5-10(17)13(16)19/h3-4,6,10H,1-2,5,7,14H2,(H2,15,18)(H2,16,19). The smallest absolute Gasteiger partial charge is 0.250 e. The Morgan fingerprint density at radius 2 is 1.95 bits per heavy atom. The molecule has 1 aliphatic heterocycles. The predicted molar refractivity (Wildman–Crippen MR) is 73.6 cm³/mol. The number of carbonyl (C=O) groups excluding carboxylic acids is 2. The zero-order valence-corrected chi connectivity index (χ0v) is 10.6. The molecule has 1 unspecified atom stereocenters. The van der Waals surface area contributed by atoms with Crippen molar-refractivity contribution in [2.45, 2.75) is 25.3 Å². The number of primary amides is 2. The van der Waals surface area contributed by atoms with Crippen molar-refractivity contribution in [3.63, 3.8) is 0 Å². The Kier molecular flexibility index (Phi) is 3.59. The van der Waals surface area contributed by atoms with Gasteiger partial charge >= 0.3 is 0 Å². The number of nitrogen functional groups attached to an aromatic ring is 1. The molecule has 1 heterocycles. The van der Waals surface area contributed by atoms with E-state index in [0.717, 1.165) is 12.8 Å². The highest BCUT2D eigenvalue weighted by Crippen LogP contribution is 2.31. The van der Waals surface area contributed by atoms with Crippen LogP contribution in [0.2, 0.25) is 0 Å². The van der Waals surface area contributed by atoms with Crippen LogP contribution >= 0.6 is 0 Å². The van der Waals surface area contributed by atoms with Gasteiger partial charge in [0.25, 0.3) is 5.91 Å². The van der Waals surface area contributed by atoms with E-state index in [-0.39, 0.29) is 17.5 Å². The van der Waals surface area contributed by atoms with E-state index in [4.69, 9.17) is 17.2 Å². The minimum atomic E-state index is -0.577. The third-order valence-corrected chi connectivity index (χ3v) is 3.49. The summed E-state index contributed by atoms with van der Waals surface area (Å²) in [6.07, 6.45) is 2.62. The molecule has 0 aromatic heterocycles. The van der Waals surface area contributed by atoms with E-state index in [1.165, 1.54) is 0 Å². The SMILES string of the molecule is NC(=O)c1cccc(N2CCCCC2C(N)=O)c1N. The zero-order valence-electron chi connectivity index (χ0n) is 10.6. The number of anilines is 2.